The van der Waals surface area contributed by atoms with Crippen LogP contribution in [-0.4, -0.2) is 5.97 Å². The lowest BCUT2D eigenvalue weighted by molar-refractivity contribution is -0.144. The summed E-state index contributed by atoms with van der Waals surface area (Å²) in [6.45, 7) is -0.0652. The van der Waals surface area contributed by atoms with Crippen molar-refractivity contribution in [1.82, 2.24) is 0 Å². The fourth-order valence-electron chi connectivity index (χ4n) is 3.16. The Morgan fingerprint density at radius 3 is 2.70 bits per heavy atom. The van der Waals surface area contributed by atoms with E-state index in [4.69, 9.17) is 9.15 Å². The number of carbonyl (C=O) groups is 1. The first-order chi connectivity index (χ1) is 13.1. The van der Waals surface area contributed by atoms with Gasteiger partial charge in [0.2, 0.25) is 0 Å². The second kappa shape index (κ2) is 7.03. The molecule has 0 unspecified atom stereocenters. The summed E-state index contributed by atoms with van der Waals surface area (Å²) in [7, 11) is 0. The van der Waals surface area contributed by atoms with Gasteiger partial charge in [0.1, 0.15) is 18.0 Å². The van der Waals surface area contributed by atoms with E-state index in [0.29, 0.717) is 16.7 Å². The van der Waals surface area contributed by atoms with Gasteiger partial charge in [-0.1, -0.05) is 42.5 Å². The topological polar surface area (TPSA) is 56.5 Å². The van der Waals surface area contributed by atoms with Gasteiger partial charge in [0.25, 0.3) is 0 Å². The molecule has 0 aliphatic rings. The van der Waals surface area contributed by atoms with Gasteiger partial charge in [-0.3, -0.25) is 4.79 Å². The van der Waals surface area contributed by atoms with Crippen LogP contribution in [-0.2, 0) is 22.6 Å². The minimum atomic E-state index is -0.506. The molecule has 5 heteroatoms. The van der Waals surface area contributed by atoms with Crippen molar-refractivity contribution in [3.8, 4) is 0 Å². The number of hydrogen-bond acceptors (Lipinski definition) is 4. The molecular weight excluding hydrogens is 347 g/mol. The Kier molecular flexibility index (Phi) is 4.42. The van der Waals surface area contributed by atoms with Crippen molar-refractivity contribution < 1.29 is 18.3 Å². The molecular formula is C22H15FO4. The Morgan fingerprint density at radius 1 is 1.00 bits per heavy atom. The fraction of sp³-hybridized carbons (Fsp3) is 0.0909. The molecule has 0 amide bonds. The zero-order valence-electron chi connectivity index (χ0n) is 14.3. The molecule has 0 saturated heterocycles. The summed E-state index contributed by atoms with van der Waals surface area (Å²) in [4.78, 5) is 24.0. The molecule has 4 aromatic rings. The van der Waals surface area contributed by atoms with Crippen molar-refractivity contribution in [3.05, 3.63) is 94.1 Å². The van der Waals surface area contributed by atoms with E-state index in [1.54, 1.807) is 18.2 Å². The number of hydrogen-bond donors (Lipinski definition) is 0. The Hall–Kier alpha value is -3.47. The Balaban J connectivity index is 1.64. The normalized spacial score (nSPS) is 11.0. The van der Waals surface area contributed by atoms with Gasteiger partial charge >= 0.3 is 11.6 Å². The van der Waals surface area contributed by atoms with Crippen LogP contribution in [0, 0.1) is 5.82 Å². The van der Waals surface area contributed by atoms with Gasteiger partial charge < -0.3 is 9.15 Å². The molecule has 0 fully saturated rings. The van der Waals surface area contributed by atoms with Gasteiger partial charge in [-0.05, 0) is 34.5 Å². The number of halogens is 1. The number of esters is 1. The third-order valence-corrected chi connectivity index (χ3v) is 4.34. The average Bonchev–Trinajstić information content (AvgIpc) is 2.65. The van der Waals surface area contributed by atoms with Gasteiger partial charge in [0, 0.05) is 17.0 Å². The molecule has 0 aliphatic carbocycles. The highest BCUT2D eigenvalue weighted by Gasteiger charge is 2.12. The molecule has 0 radical (unpaired) electrons. The third-order valence-electron chi connectivity index (χ3n) is 4.34. The molecule has 0 N–H and O–H groups in total. The molecule has 0 bridgehead atoms. The van der Waals surface area contributed by atoms with Crippen LogP contribution in [0.15, 0.2) is 75.9 Å². The summed E-state index contributed by atoms with van der Waals surface area (Å²) < 4.78 is 23.9. The van der Waals surface area contributed by atoms with E-state index in [1.165, 1.54) is 18.2 Å². The van der Waals surface area contributed by atoms with E-state index < -0.39 is 17.4 Å². The zero-order chi connectivity index (χ0) is 18.8. The average molecular weight is 362 g/mol. The highest BCUT2D eigenvalue weighted by molar-refractivity contribution is 6.07. The van der Waals surface area contributed by atoms with Gasteiger partial charge in [-0.25, -0.2) is 9.18 Å². The van der Waals surface area contributed by atoms with E-state index in [2.05, 4.69) is 0 Å². The first-order valence-electron chi connectivity index (χ1n) is 8.45. The second-order valence-electron chi connectivity index (χ2n) is 6.22. The van der Waals surface area contributed by atoms with E-state index in [1.807, 2.05) is 30.3 Å². The van der Waals surface area contributed by atoms with E-state index in [9.17, 15) is 14.0 Å². The third kappa shape index (κ3) is 3.58. The Morgan fingerprint density at radius 2 is 1.85 bits per heavy atom. The van der Waals surface area contributed by atoms with Crippen molar-refractivity contribution in [2.75, 3.05) is 0 Å². The SMILES string of the molecule is O=C(Cc1cccc(F)c1)OCc1cc(=O)oc2ccc3ccccc3c12. The number of ether oxygens (including phenoxy) is 1. The van der Waals surface area contributed by atoms with E-state index >= 15 is 0 Å². The van der Waals surface area contributed by atoms with Crippen molar-refractivity contribution in [1.29, 1.82) is 0 Å². The van der Waals surface area contributed by atoms with Gasteiger partial charge in [0.05, 0.1) is 6.42 Å². The number of carbonyl (C=O) groups excluding carboxylic acids is 1. The van der Waals surface area contributed by atoms with E-state index in [-0.39, 0.29) is 13.0 Å². The number of benzene rings is 3. The van der Waals surface area contributed by atoms with Crippen LogP contribution in [0.25, 0.3) is 21.7 Å². The highest BCUT2D eigenvalue weighted by Crippen LogP contribution is 2.27. The summed E-state index contributed by atoms with van der Waals surface area (Å²) >= 11 is 0. The Bertz CT molecular complexity index is 1210. The Labute approximate surface area is 153 Å². The van der Waals surface area contributed by atoms with Gasteiger partial charge in [-0.15, -0.1) is 0 Å². The largest absolute Gasteiger partial charge is 0.461 e. The summed E-state index contributed by atoms with van der Waals surface area (Å²) in [6, 6.07) is 18.5. The van der Waals surface area contributed by atoms with Crippen molar-refractivity contribution in [2.45, 2.75) is 13.0 Å². The van der Waals surface area contributed by atoms with Gasteiger partial charge in [0.15, 0.2) is 0 Å². The standard InChI is InChI=1S/C22H15FO4/c23-17-6-3-4-14(10-17)11-20(24)26-13-16-12-21(25)27-19-9-8-15-5-1-2-7-18(15)22(16)19/h1-10,12H,11,13H2. The molecule has 1 heterocycles. The lowest BCUT2D eigenvalue weighted by atomic mass is 10.0. The predicted octanol–water partition coefficient (Wildman–Crippen LogP) is 4.37. The second-order valence-corrected chi connectivity index (χ2v) is 6.22. The monoisotopic (exact) mass is 362 g/mol. The maximum absolute atomic E-state index is 13.2. The van der Waals surface area contributed by atoms with Crippen LogP contribution < -0.4 is 5.63 Å². The predicted molar refractivity (Wildman–Crippen MR) is 99.9 cm³/mol. The molecule has 27 heavy (non-hydrogen) atoms. The molecule has 0 aliphatic heterocycles. The molecule has 3 aromatic carbocycles. The van der Waals surface area contributed by atoms with Crippen LogP contribution in [0.4, 0.5) is 4.39 Å². The quantitative estimate of drug-likeness (QED) is 0.307. The summed E-state index contributed by atoms with van der Waals surface area (Å²) in [6.07, 6.45) is -0.0438. The van der Waals surface area contributed by atoms with Crippen LogP contribution in [0.1, 0.15) is 11.1 Å². The number of rotatable bonds is 4. The molecule has 0 spiro atoms. The first-order valence-corrected chi connectivity index (χ1v) is 8.45. The molecule has 0 saturated carbocycles. The molecule has 134 valence electrons. The van der Waals surface area contributed by atoms with Crippen molar-refractivity contribution in [2.24, 2.45) is 0 Å². The molecule has 4 nitrogen and oxygen atoms in total. The summed E-state index contributed by atoms with van der Waals surface area (Å²) in [5.41, 5.74) is 1.04. The highest BCUT2D eigenvalue weighted by atomic mass is 19.1. The minimum Gasteiger partial charge on any atom is -0.461 e. The van der Waals surface area contributed by atoms with Crippen LogP contribution >= 0.6 is 0 Å². The number of fused-ring (bicyclic) bond motifs is 3. The first kappa shape index (κ1) is 17.0. The lowest BCUT2D eigenvalue weighted by Crippen LogP contribution is -2.10. The van der Waals surface area contributed by atoms with Crippen molar-refractivity contribution >= 4 is 27.7 Å². The zero-order valence-corrected chi connectivity index (χ0v) is 14.3. The van der Waals surface area contributed by atoms with Crippen LogP contribution in [0.3, 0.4) is 0 Å². The summed E-state index contributed by atoms with van der Waals surface area (Å²) in [5, 5.41) is 2.65. The van der Waals surface area contributed by atoms with Crippen LogP contribution in [0.2, 0.25) is 0 Å². The molecule has 1 aromatic heterocycles. The fourth-order valence-corrected chi connectivity index (χ4v) is 3.16. The maximum atomic E-state index is 13.2. The maximum Gasteiger partial charge on any atom is 0.336 e. The minimum absolute atomic E-state index is 0.0438. The summed E-state index contributed by atoms with van der Waals surface area (Å²) in [5.74, 6) is -0.902. The van der Waals surface area contributed by atoms with Crippen molar-refractivity contribution in [3.63, 3.8) is 0 Å². The molecule has 4 rings (SSSR count). The van der Waals surface area contributed by atoms with E-state index in [0.717, 1.165) is 16.2 Å². The smallest absolute Gasteiger partial charge is 0.336 e. The lowest BCUT2D eigenvalue weighted by Gasteiger charge is -2.10. The molecule has 0 atom stereocenters. The van der Waals surface area contributed by atoms with Gasteiger partial charge in [-0.2, -0.15) is 0 Å². The van der Waals surface area contributed by atoms with Crippen LogP contribution in [0.5, 0.6) is 0 Å².